The molecule has 6 nitrogen and oxygen atoms in total. The molecule has 0 heterocycles. The molecule has 8 heteroatoms. The van der Waals surface area contributed by atoms with E-state index in [1.807, 2.05) is 0 Å². The molecule has 1 fully saturated rings. The van der Waals surface area contributed by atoms with Crippen LogP contribution in [0.4, 0.5) is 5.69 Å². The van der Waals surface area contributed by atoms with Gasteiger partial charge in [-0.1, -0.05) is 0 Å². The first-order chi connectivity index (χ1) is 12.9. The van der Waals surface area contributed by atoms with Gasteiger partial charge in [0.1, 0.15) is 10.6 Å². The topological polar surface area (TPSA) is 73.9 Å². The molecule has 1 saturated carbocycles. The SMILES string of the molecule is COc1cc(Br)c(S(=O)(=O)Nc2ccc(OC3CCCC3)cc2)cc1OC. The zero-order valence-corrected chi connectivity index (χ0v) is 17.6. The Kier molecular flexibility index (Phi) is 6.16. The van der Waals surface area contributed by atoms with Crippen LogP contribution in [0.5, 0.6) is 17.2 Å². The monoisotopic (exact) mass is 455 g/mol. The quantitative estimate of drug-likeness (QED) is 0.660. The molecule has 2 aromatic rings. The van der Waals surface area contributed by atoms with Gasteiger partial charge in [0.05, 0.1) is 20.3 Å². The van der Waals surface area contributed by atoms with E-state index in [0.29, 0.717) is 21.7 Å². The molecule has 0 bridgehead atoms. The van der Waals surface area contributed by atoms with E-state index in [2.05, 4.69) is 20.7 Å². The van der Waals surface area contributed by atoms with Crippen molar-refractivity contribution < 1.29 is 22.6 Å². The van der Waals surface area contributed by atoms with Gasteiger partial charge < -0.3 is 14.2 Å². The first-order valence-electron chi connectivity index (χ1n) is 8.64. The highest BCUT2D eigenvalue weighted by atomic mass is 79.9. The third kappa shape index (κ3) is 4.68. The molecule has 1 N–H and O–H groups in total. The molecule has 0 aromatic heterocycles. The van der Waals surface area contributed by atoms with Crippen LogP contribution >= 0.6 is 15.9 Å². The standard InChI is InChI=1S/C19H22BrNO5S/c1-24-17-11-16(20)19(12-18(17)25-2)27(22,23)21-13-7-9-15(10-8-13)26-14-5-3-4-6-14/h7-12,14,21H,3-6H2,1-2H3. The summed E-state index contributed by atoms with van der Waals surface area (Å²) in [6.45, 7) is 0. The number of ether oxygens (including phenoxy) is 3. The number of sulfonamides is 1. The summed E-state index contributed by atoms with van der Waals surface area (Å²) in [4.78, 5) is 0.0615. The summed E-state index contributed by atoms with van der Waals surface area (Å²) in [5.74, 6) is 1.52. The van der Waals surface area contributed by atoms with Gasteiger partial charge in [0.15, 0.2) is 11.5 Å². The van der Waals surface area contributed by atoms with Crippen LogP contribution in [0.15, 0.2) is 45.8 Å². The van der Waals surface area contributed by atoms with E-state index >= 15 is 0 Å². The van der Waals surface area contributed by atoms with Crippen LogP contribution in [0.1, 0.15) is 25.7 Å². The molecular formula is C19H22BrNO5S. The average Bonchev–Trinajstić information content (AvgIpc) is 3.15. The number of hydrogen-bond acceptors (Lipinski definition) is 5. The molecule has 2 aromatic carbocycles. The van der Waals surface area contributed by atoms with E-state index in [-0.39, 0.29) is 11.0 Å². The van der Waals surface area contributed by atoms with Crippen LogP contribution in [0.2, 0.25) is 0 Å². The maximum atomic E-state index is 12.8. The third-order valence-electron chi connectivity index (χ3n) is 4.44. The second-order valence-corrected chi connectivity index (χ2v) is 8.80. The van der Waals surface area contributed by atoms with Crippen molar-refractivity contribution in [3.8, 4) is 17.2 Å². The molecule has 0 radical (unpaired) electrons. The van der Waals surface area contributed by atoms with Crippen LogP contribution in [0.3, 0.4) is 0 Å². The Bertz CT molecular complexity index is 893. The minimum Gasteiger partial charge on any atom is -0.493 e. The molecular weight excluding hydrogens is 434 g/mol. The van der Waals surface area contributed by atoms with E-state index in [9.17, 15) is 8.42 Å². The Morgan fingerprint density at radius 3 is 2.19 bits per heavy atom. The molecule has 0 saturated heterocycles. The molecule has 0 atom stereocenters. The lowest BCUT2D eigenvalue weighted by Crippen LogP contribution is -2.14. The van der Waals surface area contributed by atoms with Crippen molar-refractivity contribution in [3.05, 3.63) is 40.9 Å². The zero-order chi connectivity index (χ0) is 19.4. The van der Waals surface area contributed by atoms with Crippen molar-refractivity contribution in [1.29, 1.82) is 0 Å². The molecule has 27 heavy (non-hydrogen) atoms. The number of anilines is 1. The Morgan fingerprint density at radius 2 is 1.59 bits per heavy atom. The lowest BCUT2D eigenvalue weighted by atomic mass is 10.3. The van der Waals surface area contributed by atoms with Gasteiger partial charge in [-0.3, -0.25) is 4.72 Å². The summed E-state index contributed by atoms with van der Waals surface area (Å²) >= 11 is 3.29. The first kappa shape index (κ1) is 19.8. The van der Waals surface area contributed by atoms with Crippen LogP contribution in [0, 0.1) is 0 Å². The van der Waals surface area contributed by atoms with Crippen molar-refractivity contribution in [2.24, 2.45) is 0 Å². The zero-order valence-electron chi connectivity index (χ0n) is 15.2. The van der Waals surface area contributed by atoms with Crippen LogP contribution in [0.25, 0.3) is 0 Å². The van der Waals surface area contributed by atoms with E-state index < -0.39 is 10.0 Å². The van der Waals surface area contributed by atoms with Crippen LogP contribution in [-0.2, 0) is 10.0 Å². The number of nitrogens with one attached hydrogen (secondary N) is 1. The lowest BCUT2D eigenvalue weighted by Gasteiger charge is -2.15. The van der Waals surface area contributed by atoms with Crippen LogP contribution < -0.4 is 18.9 Å². The van der Waals surface area contributed by atoms with Gasteiger partial charge in [0, 0.05) is 16.2 Å². The Morgan fingerprint density at radius 1 is 1.00 bits per heavy atom. The highest BCUT2D eigenvalue weighted by Gasteiger charge is 2.22. The van der Waals surface area contributed by atoms with E-state index in [1.54, 1.807) is 30.3 Å². The summed E-state index contributed by atoms with van der Waals surface area (Å²) in [5, 5.41) is 0. The summed E-state index contributed by atoms with van der Waals surface area (Å²) < 4.78 is 44.8. The molecule has 0 unspecified atom stereocenters. The summed E-state index contributed by atoms with van der Waals surface area (Å²) in [6, 6.07) is 9.92. The predicted molar refractivity (Wildman–Crippen MR) is 107 cm³/mol. The number of benzene rings is 2. The second kappa shape index (κ2) is 8.39. The second-order valence-electron chi connectivity index (χ2n) is 6.29. The molecule has 3 rings (SSSR count). The van der Waals surface area contributed by atoms with Crippen molar-refractivity contribution >= 4 is 31.6 Å². The van der Waals surface area contributed by atoms with Crippen molar-refractivity contribution in [2.75, 3.05) is 18.9 Å². The van der Waals surface area contributed by atoms with Gasteiger partial charge in [-0.05, 0) is 71.9 Å². The largest absolute Gasteiger partial charge is 0.493 e. The third-order valence-corrected chi connectivity index (χ3v) is 6.78. The van der Waals surface area contributed by atoms with Gasteiger partial charge in [0.25, 0.3) is 10.0 Å². The van der Waals surface area contributed by atoms with Crippen molar-refractivity contribution in [2.45, 2.75) is 36.7 Å². The molecule has 0 amide bonds. The van der Waals surface area contributed by atoms with Gasteiger partial charge >= 0.3 is 0 Å². The molecule has 1 aliphatic carbocycles. The number of hydrogen-bond donors (Lipinski definition) is 1. The van der Waals surface area contributed by atoms with Crippen molar-refractivity contribution in [3.63, 3.8) is 0 Å². The molecule has 146 valence electrons. The van der Waals surface area contributed by atoms with Gasteiger partial charge in [-0.15, -0.1) is 0 Å². The number of rotatable bonds is 7. The Balaban J connectivity index is 1.78. The van der Waals surface area contributed by atoms with Gasteiger partial charge in [0.2, 0.25) is 0 Å². The maximum Gasteiger partial charge on any atom is 0.263 e. The smallest absolute Gasteiger partial charge is 0.263 e. The maximum absolute atomic E-state index is 12.8. The number of halogens is 1. The highest BCUT2D eigenvalue weighted by Crippen LogP contribution is 2.36. The van der Waals surface area contributed by atoms with E-state index in [4.69, 9.17) is 14.2 Å². The predicted octanol–water partition coefficient (Wildman–Crippen LogP) is 4.59. The summed E-state index contributed by atoms with van der Waals surface area (Å²) in [6.07, 6.45) is 4.80. The molecule has 1 aliphatic rings. The Labute approximate surface area is 168 Å². The fourth-order valence-corrected chi connectivity index (χ4v) is 5.15. The van der Waals surface area contributed by atoms with Crippen molar-refractivity contribution in [1.82, 2.24) is 0 Å². The molecule has 0 aliphatic heterocycles. The average molecular weight is 456 g/mol. The highest BCUT2D eigenvalue weighted by molar-refractivity contribution is 9.10. The first-order valence-corrected chi connectivity index (χ1v) is 10.9. The van der Waals surface area contributed by atoms with E-state index in [1.165, 1.54) is 33.1 Å². The Hall–Kier alpha value is -1.93. The minimum absolute atomic E-state index is 0.0615. The van der Waals surface area contributed by atoms with E-state index in [0.717, 1.165) is 18.6 Å². The normalized spacial score (nSPS) is 14.8. The fraction of sp³-hybridized carbons (Fsp3) is 0.368. The molecule has 0 spiro atoms. The van der Waals surface area contributed by atoms with Crippen LogP contribution in [-0.4, -0.2) is 28.7 Å². The van der Waals surface area contributed by atoms with Gasteiger partial charge in [-0.25, -0.2) is 8.42 Å². The minimum atomic E-state index is -3.81. The number of methoxy groups -OCH3 is 2. The fourth-order valence-electron chi connectivity index (χ4n) is 3.05. The summed E-state index contributed by atoms with van der Waals surface area (Å²) in [7, 11) is -0.861. The lowest BCUT2D eigenvalue weighted by molar-refractivity contribution is 0.210. The summed E-state index contributed by atoms with van der Waals surface area (Å²) in [5.41, 5.74) is 0.454. The van der Waals surface area contributed by atoms with Gasteiger partial charge in [-0.2, -0.15) is 0 Å².